The van der Waals surface area contributed by atoms with Gasteiger partial charge in [-0.1, -0.05) is 0 Å². The highest BCUT2D eigenvalue weighted by atomic mass is 32.2. The molecule has 2 fully saturated rings. The standard InChI is InChI=1S/C15H22N4O3S/c16-15(20)12-4-3-7-18(11-12)14-6-5-13(10-17-14)23(21,22)19-8-1-2-9-19/h5-6,10,12H,1-4,7-9,11H2,(H2,16,20)/t12-/m1/s1. The van der Waals surface area contributed by atoms with Gasteiger partial charge >= 0.3 is 0 Å². The lowest BCUT2D eigenvalue weighted by atomic mass is 9.97. The van der Waals surface area contributed by atoms with E-state index in [4.69, 9.17) is 5.73 Å². The molecule has 0 unspecified atom stereocenters. The molecule has 7 nitrogen and oxygen atoms in total. The number of hydrogen-bond donors (Lipinski definition) is 1. The van der Waals surface area contributed by atoms with Crippen molar-refractivity contribution in [3.63, 3.8) is 0 Å². The van der Waals surface area contributed by atoms with Gasteiger partial charge in [-0.05, 0) is 37.8 Å². The van der Waals surface area contributed by atoms with Crippen molar-refractivity contribution in [3.8, 4) is 0 Å². The molecular weight excluding hydrogens is 316 g/mol. The van der Waals surface area contributed by atoms with E-state index in [2.05, 4.69) is 4.98 Å². The lowest BCUT2D eigenvalue weighted by molar-refractivity contribution is -0.122. The summed E-state index contributed by atoms with van der Waals surface area (Å²) in [6.07, 6.45) is 4.91. The normalized spacial score (nSPS) is 23.1. The van der Waals surface area contributed by atoms with Crippen LogP contribution in [0.15, 0.2) is 23.2 Å². The predicted molar refractivity (Wildman–Crippen MR) is 86.4 cm³/mol. The van der Waals surface area contributed by atoms with E-state index >= 15 is 0 Å². The summed E-state index contributed by atoms with van der Waals surface area (Å²) < 4.78 is 26.5. The maximum absolute atomic E-state index is 12.5. The van der Waals surface area contributed by atoms with Crippen LogP contribution in [0.25, 0.3) is 0 Å². The molecule has 2 N–H and O–H groups in total. The topological polar surface area (TPSA) is 96.6 Å². The Bertz CT molecular complexity index is 668. The number of sulfonamides is 1. The number of primary amides is 1. The van der Waals surface area contributed by atoms with Crippen molar-refractivity contribution in [2.75, 3.05) is 31.1 Å². The molecule has 0 aromatic carbocycles. The number of anilines is 1. The number of aromatic nitrogens is 1. The van der Waals surface area contributed by atoms with E-state index in [0.29, 0.717) is 25.5 Å². The molecule has 1 amide bonds. The van der Waals surface area contributed by atoms with Gasteiger partial charge in [0.25, 0.3) is 0 Å². The predicted octanol–water partition coefficient (Wildman–Crippen LogP) is 0.568. The zero-order valence-electron chi connectivity index (χ0n) is 13.0. The summed E-state index contributed by atoms with van der Waals surface area (Å²) >= 11 is 0. The molecule has 3 heterocycles. The van der Waals surface area contributed by atoms with Crippen LogP contribution in [0.2, 0.25) is 0 Å². The van der Waals surface area contributed by atoms with Gasteiger partial charge in [-0.15, -0.1) is 0 Å². The average molecular weight is 338 g/mol. The molecule has 126 valence electrons. The van der Waals surface area contributed by atoms with Crippen LogP contribution in [0, 0.1) is 5.92 Å². The fraction of sp³-hybridized carbons (Fsp3) is 0.600. The van der Waals surface area contributed by atoms with Crippen molar-refractivity contribution in [1.29, 1.82) is 0 Å². The summed E-state index contributed by atoms with van der Waals surface area (Å²) in [4.78, 5) is 17.9. The molecule has 3 rings (SSSR count). The number of carbonyl (C=O) groups is 1. The number of pyridine rings is 1. The molecule has 23 heavy (non-hydrogen) atoms. The van der Waals surface area contributed by atoms with E-state index in [-0.39, 0.29) is 16.7 Å². The molecule has 2 aliphatic rings. The first-order chi connectivity index (χ1) is 11.0. The smallest absolute Gasteiger partial charge is 0.244 e. The van der Waals surface area contributed by atoms with Gasteiger partial charge in [-0.2, -0.15) is 4.31 Å². The second-order valence-corrected chi connectivity index (χ2v) is 8.09. The summed E-state index contributed by atoms with van der Waals surface area (Å²) in [6.45, 7) is 2.50. The number of amides is 1. The summed E-state index contributed by atoms with van der Waals surface area (Å²) in [5, 5.41) is 0. The molecule has 0 aliphatic carbocycles. The Morgan fingerprint density at radius 3 is 2.52 bits per heavy atom. The molecule has 1 atom stereocenters. The monoisotopic (exact) mass is 338 g/mol. The largest absolute Gasteiger partial charge is 0.369 e. The lowest BCUT2D eigenvalue weighted by Gasteiger charge is -2.32. The Morgan fingerprint density at radius 1 is 1.17 bits per heavy atom. The van der Waals surface area contributed by atoms with Crippen molar-refractivity contribution < 1.29 is 13.2 Å². The van der Waals surface area contributed by atoms with Gasteiger partial charge in [-0.25, -0.2) is 13.4 Å². The summed E-state index contributed by atoms with van der Waals surface area (Å²) in [6, 6.07) is 3.32. The Hall–Kier alpha value is -1.67. The molecular formula is C15H22N4O3S. The summed E-state index contributed by atoms with van der Waals surface area (Å²) in [5.41, 5.74) is 5.39. The van der Waals surface area contributed by atoms with Gasteiger partial charge < -0.3 is 10.6 Å². The van der Waals surface area contributed by atoms with E-state index in [0.717, 1.165) is 32.2 Å². The molecule has 2 saturated heterocycles. The SMILES string of the molecule is NC(=O)[C@@H]1CCCN(c2ccc(S(=O)(=O)N3CCCC3)cn2)C1. The third kappa shape index (κ3) is 3.32. The third-order valence-electron chi connectivity index (χ3n) is 4.57. The molecule has 2 aliphatic heterocycles. The van der Waals surface area contributed by atoms with Crippen LogP contribution in [0.5, 0.6) is 0 Å². The molecule has 0 spiro atoms. The van der Waals surface area contributed by atoms with Crippen LogP contribution in [0.3, 0.4) is 0 Å². The minimum atomic E-state index is -3.43. The molecule has 0 saturated carbocycles. The first-order valence-electron chi connectivity index (χ1n) is 7.99. The van der Waals surface area contributed by atoms with Crippen molar-refractivity contribution in [3.05, 3.63) is 18.3 Å². The van der Waals surface area contributed by atoms with Gasteiger partial charge in [0, 0.05) is 32.4 Å². The van der Waals surface area contributed by atoms with Crippen LogP contribution in [-0.2, 0) is 14.8 Å². The maximum Gasteiger partial charge on any atom is 0.244 e. The zero-order valence-corrected chi connectivity index (χ0v) is 13.8. The maximum atomic E-state index is 12.5. The van der Waals surface area contributed by atoms with E-state index in [9.17, 15) is 13.2 Å². The molecule has 1 aromatic rings. The third-order valence-corrected chi connectivity index (χ3v) is 6.45. The van der Waals surface area contributed by atoms with Crippen LogP contribution in [-0.4, -0.2) is 49.8 Å². The number of piperidine rings is 1. The van der Waals surface area contributed by atoms with E-state index in [1.54, 1.807) is 12.1 Å². The Kier molecular flexibility index (Phi) is 4.54. The van der Waals surface area contributed by atoms with Crippen LogP contribution < -0.4 is 10.6 Å². The van der Waals surface area contributed by atoms with E-state index in [1.807, 2.05) is 4.90 Å². The number of carbonyl (C=O) groups excluding carboxylic acids is 1. The molecule has 0 radical (unpaired) electrons. The minimum absolute atomic E-state index is 0.168. The van der Waals surface area contributed by atoms with Gasteiger partial charge in [0.15, 0.2) is 0 Å². The van der Waals surface area contributed by atoms with Crippen molar-refractivity contribution in [1.82, 2.24) is 9.29 Å². The summed E-state index contributed by atoms with van der Waals surface area (Å²) in [5.74, 6) is 0.234. The quantitative estimate of drug-likeness (QED) is 0.865. The van der Waals surface area contributed by atoms with E-state index < -0.39 is 10.0 Å². The van der Waals surface area contributed by atoms with Gasteiger partial charge in [0.05, 0.1) is 5.92 Å². The van der Waals surface area contributed by atoms with Crippen molar-refractivity contribution in [2.45, 2.75) is 30.6 Å². The van der Waals surface area contributed by atoms with Crippen molar-refractivity contribution >= 4 is 21.7 Å². The fourth-order valence-corrected chi connectivity index (χ4v) is 4.67. The molecule has 1 aromatic heterocycles. The van der Waals surface area contributed by atoms with E-state index in [1.165, 1.54) is 10.5 Å². The van der Waals surface area contributed by atoms with Crippen LogP contribution >= 0.6 is 0 Å². The number of nitrogens with two attached hydrogens (primary N) is 1. The molecule has 0 bridgehead atoms. The molecule has 8 heteroatoms. The number of hydrogen-bond acceptors (Lipinski definition) is 5. The zero-order chi connectivity index (χ0) is 16.4. The first kappa shape index (κ1) is 16.2. The Morgan fingerprint density at radius 2 is 1.91 bits per heavy atom. The average Bonchev–Trinajstić information content (AvgIpc) is 3.10. The lowest BCUT2D eigenvalue weighted by Crippen LogP contribution is -2.41. The van der Waals surface area contributed by atoms with Crippen molar-refractivity contribution in [2.24, 2.45) is 11.7 Å². The highest BCUT2D eigenvalue weighted by Gasteiger charge is 2.28. The number of nitrogens with zero attached hydrogens (tertiary/aromatic N) is 3. The second kappa shape index (κ2) is 6.45. The Labute approximate surface area is 136 Å². The fourth-order valence-electron chi connectivity index (χ4n) is 3.21. The minimum Gasteiger partial charge on any atom is -0.369 e. The number of rotatable bonds is 4. The Balaban J connectivity index is 1.75. The van der Waals surface area contributed by atoms with Gasteiger partial charge in [0.1, 0.15) is 10.7 Å². The van der Waals surface area contributed by atoms with Gasteiger partial charge in [-0.3, -0.25) is 4.79 Å². The van der Waals surface area contributed by atoms with Crippen LogP contribution in [0.1, 0.15) is 25.7 Å². The van der Waals surface area contributed by atoms with Crippen LogP contribution in [0.4, 0.5) is 5.82 Å². The highest BCUT2D eigenvalue weighted by molar-refractivity contribution is 7.89. The highest BCUT2D eigenvalue weighted by Crippen LogP contribution is 2.24. The second-order valence-electron chi connectivity index (χ2n) is 6.15. The summed E-state index contributed by atoms with van der Waals surface area (Å²) in [7, 11) is -3.43. The van der Waals surface area contributed by atoms with Gasteiger partial charge in [0.2, 0.25) is 15.9 Å². The first-order valence-corrected chi connectivity index (χ1v) is 9.43.